The number of hydrogen-bond acceptors (Lipinski definition) is 3. The lowest BCUT2D eigenvalue weighted by Crippen LogP contribution is -2.12. The van der Waals surface area contributed by atoms with Crippen LogP contribution in [0.4, 0.5) is 0 Å². The van der Waals surface area contributed by atoms with Gasteiger partial charge in [0.1, 0.15) is 11.5 Å². The number of rotatable bonds is 6. The number of aromatic nitrogens is 1. The molecule has 4 heteroatoms. The second-order valence-corrected chi connectivity index (χ2v) is 5.77. The van der Waals surface area contributed by atoms with E-state index in [1.54, 1.807) is 19.2 Å². The number of carbonyl (C=O) groups is 1. The summed E-state index contributed by atoms with van der Waals surface area (Å²) in [6, 6.07) is 9.81. The van der Waals surface area contributed by atoms with Crippen molar-refractivity contribution < 1.29 is 14.3 Å². The third kappa shape index (κ3) is 2.86. The number of aryl methyl sites for hydroxylation is 1. The van der Waals surface area contributed by atoms with Gasteiger partial charge in [-0.2, -0.15) is 0 Å². The van der Waals surface area contributed by atoms with Gasteiger partial charge in [0.25, 0.3) is 0 Å². The molecule has 1 aromatic carbocycles. The molecule has 4 nitrogen and oxygen atoms in total. The summed E-state index contributed by atoms with van der Waals surface area (Å²) in [4.78, 5) is 12.4. The van der Waals surface area contributed by atoms with Gasteiger partial charge in [-0.3, -0.25) is 4.79 Å². The quantitative estimate of drug-likeness (QED) is 0.763. The van der Waals surface area contributed by atoms with Crippen LogP contribution in [-0.4, -0.2) is 24.1 Å². The number of methoxy groups -OCH3 is 1. The largest absolute Gasteiger partial charge is 0.497 e. The lowest BCUT2D eigenvalue weighted by Gasteiger charge is -2.08. The molecule has 3 rings (SSSR count). The van der Waals surface area contributed by atoms with Gasteiger partial charge < -0.3 is 14.0 Å². The molecule has 0 amide bonds. The first kappa shape index (κ1) is 14.7. The zero-order chi connectivity index (χ0) is 15.7. The van der Waals surface area contributed by atoms with Crippen molar-refractivity contribution >= 4 is 5.78 Å². The van der Waals surface area contributed by atoms with E-state index in [1.807, 2.05) is 25.1 Å². The number of ether oxygens (including phenoxy) is 2. The minimum atomic E-state index is 0.0239. The normalized spacial score (nSPS) is 14.0. The monoisotopic (exact) mass is 299 g/mol. The standard InChI is InChI=1S/C18H21NO3/c1-12-10-17(13(2)19(12)14-4-5-14)18(20)11-22-16-8-6-15(21-3)7-9-16/h6-10,14H,4-5,11H2,1-3H3. The molecular weight excluding hydrogens is 278 g/mol. The van der Waals surface area contributed by atoms with E-state index >= 15 is 0 Å². The molecule has 0 unspecified atom stereocenters. The van der Waals surface area contributed by atoms with E-state index in [2.05, 4.69) is 11.5 Å². The van der Waals surface area contributed by atoms with Crippen LogP contribution in [0.3, 0.4) is 0 Å². The van der Waals surface area contributed by atoms with E-state index in [9.17, 15) is 4.79 Å². The fourth-order valence-corrected chi connectivity index (χ4v) is 2.85. The summed E-state index contributed by atoms with van der Waals surface area (Å²) in [6.45, 7) is 4.14. The summed E-state index contributed by atoms with van der Waals surface area (Å²) in [5.41, 5.74) is 2.99. The van der Waals surface area contributed by atoms with Crippen molar-refractivity contribution in [3.8, 4) is 11.5 Å². The molecule has 0 saturated heterocycles. The average molecular weight is 299 g/mol. The van der Waals surface area contributed by atoms with Crippen LogP contribution < -0.4 is 9.47 Å². The van der Waals surface area contributed by atoms with Crippen LogP contribution >= 0.6 is 0 Å². The summed E-state index contributed by atoms with van der Waals surface area (Å²) in [7, 11) is 1.62. The third-order valence-electron chi connectivity index (χ3n) is 4.13. The fourth-order valence-electron chi connectivity index (χ4n) is 2.85. The highest BCUT2D eigenvalue weighted by Crippen LogP contribution is 2.38. The molecule has 0 atom stereocenters. The van der Waals surface area contributed by atoms with Crippen molar-refractivity contribution in [1.29, 1.82) is 0 Å². The van der Waals surface area contributed by atoms with E-state index < -0.39 is 0 Å². The van der Waals surface area contributed by atoms with Crippen LogP contribution in [0.5, 0.6) is 11.5 Å². The van der Waals surface area contributed by atoms with E-state index in [0.29, 0.717) is 11.8 Å². The topological polar surface area (TPSA) is 40.5 Å². The zero-order valence-corrected chi connectivity index (χ0v) is 13.3. The highest BCUT2D eigenvalue weighted by Gasteiger charge is 2.28. The summed E-state index contributed by atoms with van der Waals surface area (Å²) >= 11 is 0. The van der Waals surface area contributed by atoms with Crippen LogP contribution in [0.1, 0.15) is 40.6 Å². The maximum Gasteiger partial charge on any atom is 0.202 e. The number of nitrogens with zero attached hydrogens (tertiary/aromatic N) is 1. The number of benzene rings is 1. The van der Waals surface area contributed by atoms with Crippen molar-refractivity contribution in [2.75, 3.05) is 13.7 Å². The van der Waals surface area contributed by atoms with E-state index in [0.717, 1.165) is 22.7 Å². The first-order valence-corrected chi connectivity index (χ1v) is 7.58. The smallest absolute Gasteiger partial charge is 0.202 e. The Morgan fingerprint density at radius 1 is 1.18 bits per heavy atom. The number of hydrogen-bond donors (Lipinski definition) is 0. The third-order valence-corrected chi connectivity index (χ3v) is 4.13. The Hall–Kier alpha value is -2.23. The molecule has 1 heterocycles. The van der Waals surface area contributed by atoms with Gasteiger partial charge in [-0.1, -0.05) is 0 Å². The minimum absolute atomic E-state index is 0.0239. The van der Waals surface area contributed by atoms with Gasteiger partial charge in [-0.15, -0.1) is 0 Å². The fraction of sp³-hybridized carbons (Fsp3) is 0.389. The average Bonchev–Trinajstić information content (AvgIpc) is 3.31. The SMILES string of the molecule is COc1ccc(OCC(=O)c2cc(C)n(C3CC3)c2C)cc1. The summed E-state index contributed by atoms with van der Waals surface area (Å²) in [5, 5.41) is 0. The van der Waals surface area contributed by atoms with Gasteiger partial charge in [-0.25, -0.2) is 0 Å². The Labute approximate surface area is 130 Å². The molecule has 1 aliphatic carbocycles. The Morgan fingerprint density at radius 3 is 2.41 bits per heavy atom. The van der Waals surface area contributed by atoms with Crippen molar-refractivity contribution in [3.63, 3.8) is 0 Å². The number of carbonyl (C=O) groups excluding carboxylic acids is 1. The van der Waals surface area contributed by atoms with Crippen LogP contribution in [0.2, 0.25) is 0 Å². The van der Waals surface area contributed by atoms with E-state index in [-0.39, 0.29) is 12.4 Å². The molecule has 0 radical (unpaired) electrons. The molecule has 1 saturated carbocycles. The maximum absolute atomic E-state index is 12.4. The van der Waals surface area contributed by atoms with Crippen molar-refractivity contribution in [1.82, 2.24) is 4.57 Å². The predicted molar refractivity (Wildman–Crippen MR) is 85.0 cm³/mol. The predicted octanol–water partition coefficient (Wildman–Crippen LogP) is 3.71. The van der Waals surface area contributed by atoms with Gasteiger partial charge in [0, 0.05) is 23.0 Å². The maximum atomic E-state index is 12.4. The molecule has 1 aromatic heterocycles. The van der Waals surface area contributed by atoms with Crippen LogP contribution in [0.15, 0.2) is 30.3 Å². The van der Waals surface area contributed by atoms with Crippen molar-refractivity contribution in [2.24, 2.45) is 0 Å². The molecule has 0 bridgehead atoms. The summed E-state index contributed by atoms with van der Waals surface area (Å²) in [5.74, 6) is 1.47. The van der Waals surface area contributed by atoms with Gasteiger partial charge in [0.15, 0.2) is 6.61 Å². The van der Waals surface area contributed by atoms with Gasteiger partial charge in [-0.05, 0) is 57.0 Å². The Balaban J connectivity index is 1.68. The second-order valence-electron chi connectivity index (χ2n) is 5.77. The molecule has 0 aliphatic heterocycles. The first-order chi connectivity index (χ1) is 10.6. The molecule has 1 fully saturated rings. The lowest BCUT2D eigenvalue weighted by molar-refractivity contribution is 0.0921. The summed E-state index contributed by atoms with van der Waals surface area (Å²) in [6.07, 6.45) is 2.43. The van der Waals surface area contributed by atoms with Crippen molar-refractivity contribution in [3.05, 3.63) is 47.3 Å². The van der Waals surface area contributed by atoms with E-state index in [4.69, 9.17) is 9.47 Å². The van der Waals surface area contributed by atoms with Gasteiger partial charge in [0.2, 0.25) is 5.78 Å². The number of Topliss-reactive ketones (excluding diaryl/α,β-unsaturated/α-hetero) is 1. The highest BCUT2D eigenvalue weighted by molar-refractivity contribution is 5.98. The Kier molecular flexibility index (Phi) is 3.92. The first-order valence-electron chi connectivity index (χ1n) is 7.58. The minimum Gasteiger partial charge on any atom is -0.497 e. The van der Waals surface area contributed by atoms with Gasteiger partial charge in [0.05, 0.1) is 7.11 Å². The molecule has 1 aliphatic rings. The Morgan fingerprint density at radius 2 is 1.82 bits per heavy atom. The highest BCUT2D eigenvalue weighted by atomic mass is 16.5. The summed E-state index contributed by atoms with van der Waals surface area (Å²) < 4.78 is 13.0. The Bertz CT molecular complexity index is 681. The molecule has 0 N–H and O–H groups in total. The van der Waals surface area contributed by atoms with Crippen LogP contribution in [-0.2, 0) is 0 Å². The molecule has 0 spiro atoms. The van der Waals surface area contributed by atoms with Gasteiger partial charge >= 0.3 is 0 Å². The molecule has 2 aromatic rings. The molecule has 116 valence electrons. The lowest BCUT2D eigenvalue weighted by atomic mass is 10.1. The number of ketones is 1. The second kappa shape index (κ2) is 5.87. The molecule has 22 heavy (non-hydrogen) atoms. The van der Waals surface area contributed by atoms with Crippen LogP contribution in [0, 0.1) is 13.8 Å². The zero-order valence-electron chi connectivity index (χ0n) is 13.3. The van der Waals surface area contributed by atoms with Crippen LogP contribution in [0.25, 0.3) is 0 Å². The molecular formula is C18H21NO3. The van der Waals surface area contributed by atoms with Crippen molar-refractivity contribution in [2.45, 2.75) is 32.7 Å². The van der Waals surface area contributed by atoms with E-state index in [1.165, 1.54) is 12.8 Å².